The molecule has 0 unspecified atom stereocenters. The average molecular weight is 250 g/mol. The highest BCUT2D eigenvalue weighted by Gasteiger charge is 2.22. The molecule has 18 heavy (non-hydrogen) atoms. The molecule has 1 aromatic rings. The number of hydrogen-bond donors (Lipinski definition) is 0. The Kier molecular flexibility index (Phi) is 3.90. The van der Waals surface area contributed by atoms with Crippen molar-refractivity contribution in [3.8, 4) is 0 Å². The minimum atomic E-state index is -0.770. The maximum absolute atomic E-state index is 13.9. The number of hydrogen-bond acceptors (Lipinski definition) is 1. The molecule has 3 heteroatoms. The summed E-state index contributed by atoms with van der Waals surface area (Å²) in [5.74, 6) is -1.99. The Bertz CT molecular complexity index is 503. The van der Waals surface area contributed by atoms with Gasteiger partial charge in [0, 0.05) is 0 Å². The first-order valence-electron chi connectivity index (χ1n) is 6.29. The van der Waals surface area contributed by atoms with Crippen LogP contribution < -0.4 is 0 Å². The summed E-state index contributed by atoms with van der Waals surface area (Å²) in [7, 11) is 0. The SMILES string of the molecule is Cc1ccc(F)c(C(=O)C2=CCCCCC2)c1F. The first kappa shape index (κ1) is 12.9. The number of allylic oxidation sites excluding steroid dienone is 2. The van der Waals surface area contributed by atoms with Crippen LogP contribution in [0, 0.1) is 18.6 Å². The molecule has 0 amide bonds. The fourth-order valence-corrected chi connectivity index (χ4v) is 2.25. The Labute approximate surface area is 106 Å². The molecule has 0 saturated carbocycles. The predicted octanol–water partition coefficient (Wildman–Crippen LogP) is 4.35. The van der Waals surface area contributed by atoms with E-state index in [9.17, 15) is 13.6 Å². The maximum atomic E-state index is 13.9. The Morgan fingerprint density at radius 1 is 1.17 bits per heavy atom. The lowest BCUT2D eigenvalue weighted by atomic mass is 9.97. The molecule has 1 aliphatic carbocycles. The van der Waals surface area contributed by atoms with E-state index in [1.165, 1.54) is 13.0 Å². The molecular weight excluding hydrogens is 234 g/mol. The van der Waals surface area contributed by atoms with Crippen molar-refractivity contribution < 1.29 is 13.6 Å². The zero-order chi connectivity index (χ0) is 13.1. The van der Waals surface area contributed by atoms with Gasteiger partial charge in [-0.05, 0) is 49.8 Å². The van der Waals surface area contributed by atoms with Crippen molar-refractivity contribution in [1.82, 2.24) is 0 Å². The molecule has 96 valence electrons. The Balaban J connectivity index is 2.39. The van der Waals surface area contributed by atoms with E-state index in [-0.39, 0.29) is 0 Å². The van der Waals surface area contributed by atoms with Crippen molar-refractivity contribution in [3.05, 3.63) is 46.5 Å². The minimum absolute atomic E-state index is 0.300. The molecule has 0 radical (unpaired) electrons. The van der Waals surface area contributed by atoms with Crippen LogP contribution in [0.2, 0.25) is 0 Å². The zero-order valence-corrected chi connectivity index (χ0v) is 10.4. The quantitative estimate of drug-likeness (QED) is 0.713. The number of rotatable bonds is 2. The van der Waals surface area contributed by atoms with Gasteiger partial charge in [0.2, 0.25) is 0 Å². The molecule has 1 aliphatic rings. The molecule has 0 aliphatic heterocycles. The van der Waals surface area contributed by atoms with Crippen molar-refractivity contribution in [2.24, 2.45) is 0 Å². The molecule has 0 N–H and O–H groups in total. The monoisotopic (exact) mass is 250 g/mol. The van der Waals surface area contributed by atoms with Gasteiger partial charge in [0.1, 0.15) is 11.6 Å². The summed E-state index contributed by atoms with van der Waals surface area (Å²) >= 11 is 0. The topological polar surface area (TPSA) is 17.1 Å². The van der Waals surface area contributed by atoms with Crippen molar-refractivity contribution in [2.75, 3.05) is 0 Å². The molecule has 0 atom stereocenters. The van der Waals surface area contributed by atoms with Crippen molar-refractivity contribution in [3.63, 3.8) is 0 Å². The van der Waals surface area contributed by atoms with E-state index in [1.807, 2.05) is 6.08 Å². The summed E-state index contributed by atoms with van der Waals surface area (Å²) in [4.78, 5) is 12.2. The number of benzene rings is 1. The van der Waals surface area contributed by atoms with Gasteiger partial charge in [-0.3, -0.25) is 4.79 Å². The van der Waals surface area contributed by atoms with Gasteiger partial charge in [-0.25, -0.2) is 8.78 Å². The van der Waals surface area contributed by atoms with Crippen LogP contribution in [0.15, 0.2) is 23.8 Å². The first-order chi connectivity index (χ1) is 8.61. The molecule has 0 spiro atoms. The van der Waals surface area contributed by atoms with Crippen LogP contribution in [-0.2, 0) is 0 Å². The van der Waals surface area contributed by atoms with Crippen LogP contribution in [0.1, 0.15) is 48.0 Å². The predicted molar refractivity (Wildman–Crippen MR) is 66.6 cm³/mol. The van der Waals surface area contributed by atoms with Crippen LogP contribution in [-0.4, -0.2) is 5.78 Å². The summed E-state index contributed by atoms with van der Waals surface area (Å²) in [5, 5.41) is 0. The lowest BCUT2D eigenvalue weighted by Gasteiger charge is -2.08. The third kappa shape index (κ3) is 2.50. The van der Waals surface area contributed by atoms with Gasteiger partial charge in [0.15, 0.2) is 5.78 Å². The van der Waals surface area contributed by atoms with Gasteiger partial charge < -0.3 is 0 Å². The smallest absolute Gasteiger partial charge is 0.194 e. The van der Waals surface area contributed by atoms with E-state index in [1.54, 1.807) is 0 Å². The third-order valence-electron chi connectivity index (χ3n) is 3.34. The number of carbonyl (C=O) groups excluding carboxylic acids is 1. The number of halogens is 2. The molecule has 0 heterocycles. The second kappa shape index (κ2) is 5.42. The molecule has 0 saturated heterocycles. The average Bonchev–Trinajstić information content (AvgIpc) is 2.63. The third-order valence-corrected chi connectivity index (χ3v) is 3.34. The summed E-state index contributed by atoms with van der Waals surface area (Å²) in [6, 6.07) is 2.51. The van der Waals surface area contributed by atoms with E-state index >= 15 is 0 Å². The first-order valence-corrected chi connectivity index (χ1v) is 6.29. The van der Waals surface area contributed by atoms with Crippen LogP contribution in [0.5, 0.6) is 0 Å². The van der Waals surface area contributed by atoms with Crippen molar-refractivity contribution in [1.29, 1.82) is 0 Å². The second-order valence-electron chi connectivity index (χ2n) is 4.71. The van der Waals surface area contributed by atoms with Gasteiger partial charge in [0.05, 0.1) is 5.56 Å². The molecule has 2 rings (SSSR count). The molecular formula is C15H16F2O. The van der Waals surface area contributed by atoms with Crippen molar-refractivity contribution in [2.45, 2.75) is 39.0 Å². The van der Waals surface area contributed by atoms with E-state index in [0.717, 1.165) is 31.7 Å². The second-order valence-corrected chi connectivity index (χ2v) is 4.71. The maximum Gasteiger partial charge on any atom is 0.194 e. The highest BCUT2D eigenvalue weighted by Crippen LogP contribution is 2.24. The summed E-state index contributed by atoms with van der Waals surface area (Å²) in [5.41, 5.74) is 0.452. The normalized spacial score (nSPS) is 16.1. The lowest BCUT2D eigenvalue weighted by molar-refractivity contribution is 0.102. The van der Waals surface area contributed by atoms with E-state index in [0.29, 0.717) is 17.6 Å². The van der Waals surface area contributed by atoms with E-state index in [2.05, 4.69) is 0 Å². The molecule has 0 aromatic heterocycles. The fraction of sp³-hybridized carbons (Fsp3) is 0.400. The van der Waals surface area contributed by atoms with E-state index < -0.39 is 23.0 Å². The van der Waals surface area contributed by atoms with Gasteiger partial charge in [-0.15, -0.1) is 0 Å². The van der Waals surface area contributed by atoms with Gasteiger partial charge in [0.25, 0.3) is 0 Å². The van der Waals surface area contributed by atoms with Crippen LogP contribution in [0.3, 0.4) is 0 Å². The number of ketones is 1. The lowest BCUT2D eigenvalue weighted by Crippen LogP contribution is -2.10. The van der Waals surface area contributed by atoms with Crippen LogP contribution in [0.4, 0.5) is 8.78 Å². The Hall–Kier alpha value is -1.51. The molecule has 0 bridgehead atoms. The fourth-order valence-electron chi connectivity index (χ4n) is 2.25. The largest absolute Gasteiger partial charge is 0.289 e. The van der Waals surface area contributed by atoms with E-state index in [4.69, 9.17) is 0 Å². The summed E-state index contributed by atoms with van der Waals surface area (Å²) in [6.45, 7) is 1.53. The van der Waals surface area contributed by atoms with Crippen molar-refractivity contribution >= 4 is 5.78 Å². The van der Waals surface area contributed by atoms with Crippen LogP contribution in [0.25, 0.3) is 0 Å². The minimum Gasteiger partial charge on any atom is -0.289 e. The van der Waals surface area contributed by atoms with Gasteiger partial charge in [-0.2, -0.15) is 0 Å². The van der Waals surface area contributed by atoms with Gasteiger partial charge >= 0.3 is 0 Å². The zero-order valence-electron chi connectivity index (χ0n) is 10.4. The van der Waals surface area contributed by atoms with Gasteiger partial charge in [-0.1, -0.05) is 18.6 Å². The standard InChI is InChI=1S/C15H16F2O/c1-10-8-9-12(16)13(14(10)17)15(18)11-6-4-2-3-5-7-11/h6,8-9H,2-5,7H2,1H3. The Morgan fingerprint density at radius 2 is 1.94 bits per heavy atom. The highest BCUT2D eigenvalue weighted by molar-refractivity contribution is 6.09. The summed E-state index contributed by atoms with van der Waals surface area (Å²) in [6.07, 6.45) is 6.27. The molecule has 1 nitrogen and oxygen atoms in total. The number of carbonyl (C=O) groups is 1. The highest BCUT2D eigenvalue weighted by atomic mass is 19.1. The molecule has 1 aromatic carbocycles. The van der Waals surface area contributed by atoms with Crippen LogP contribution >= 0.6 is 0 Å². The molecule has 0 fully saturated rings. The number of aryl methyl sites for hydroxylation is 1. The number of Topliss-reactive ketones (excluding diaryl/α,β-unsaturated/α-hetero) is 1. The Morgan fingerprint density at radius 3 is 2.72 bits per heavy atom. The summed E-state index contributed by atoms with van der Waals surface area (Å²) < 4.78 is 27.5.